The maximum absolute atomic E-state index is 14.5. The van der Waals surface area contributed by atoms with Gasteiger partial charge in [0.15, 0.2) is 0 Å². The largest absolute Gasteiger partial charge is 0.373 e. The van der Waals surface area contributed by atoms with Crippen molar-refractivity contribution >= 4 is 27.5 Å². The lowest BCUT2D eigenvalue weighted by atomic mass is 9.83. The first kappa shape index (κ1) is 17.9. The van der Waals surface area contributed by atoms with Gasteiger partial charge in [-0.25, -0.2) is 4.39 Å². The minimum Gasteiger partial charge on any atom is -0.373 e. The molecule has 1 N–H and O–H groups in total. The summed E-state index contributed by atoms with van der Waals surface area (Å²) in [6, 6.07) is 3.28. The van der Waals surface area contributed by atoms with Gasteiger partial charge in [-0.15, -0.1) is 0 Å². The zero-order valence-electron chi connectivity index (χ0n) is 12.4. The molecule has 0 radical (unpaired) electrons. The van der Waals surface area contributed by atoms with Crippen molar-refractivity contribution in [2.75, 3.05) is 13.7 Å². The van der Waals surface area contributed by atoms with Crippen LogP contribution in [0.4, 0.5) is 4.39 Å². The van der Waals surface area contributed by atoms with Gasteiger partial charge in [0.2, 0.25) is 0 Å². The molecule has 0 bridgehead atoms. The average molecular weight is 367 g/mol. The minimum absolute atomic E-state index is 0.111. The molecule has 20 heavy (non-hydrogen) atoms. The van der Waals surface area contributed by atoms with Gasteiger partial charge in [0.1, 0.15) is 5.82 Å². The summed E-state index contributed by atoms with van der Waals surface area (Å²) in [7, 11) is 1.82. The summed E-state index contributed by atoms with van der Waals surface area (Å²) in [5.74, 6) is -0.397. The molecule has 2 nitrogen and oxygen atoms in total. The van der Waals surface area contributed by atoms with E-state index in [1.807, 2.05) is 14.0 Å². The van der Waals surface area contributed by atoms with E-state index < -0.39 is 11.4 Å². The summed E-state index contributed by atoms with van der Waals surface area (Å²) in [6.07, 6.45) is 1.58. The minimum atomic E-state index is -0.443. The van der Waals surface area contributed by atoms with Crippen LogP contribution in [0.25, 0.3) is 0 Å². The number of benzene rings is 1. The number of nitrogens with one attached hydrogen (secondary N) is 1. The normalized spacial score (nSPS) is 13.6. The first-order chi connectivity index (χ1) is 9.47. The van der Waals surface area contributed by atoms with Gasteiger partial charge in [0, 0.05) is 16.6 Å². The molecule has 1 aromatic carbocycles. The number of halogens is 3. The Labute approximate surface area is 134 Å². The monoisotopic (exact) mass is 365 g/mol. The van der Waals surface area contributed by atoms with E-state index in [-0.39, 0.29) is 11.1 Å². The van der Waals surface area contributed by atoms with Gasteiger partial charge in [0.25, 0.3) is 0 Å². The third-order valence-corrected chi connectivity index (χ3v) is 5.08. The Bertz CT molecular complexity index is 452. The summed E-state index contributed by atoms with van der Waals surface area (Å²) in [5.41, 5.74) is 0.0967. The molecule has 0 saturated heterocycles. The van der Waals surface area contributed by atoms with E-state index in [4.69, 9.17) is 16.3 Å². The second-order valence-electron chi connectivity index (χ2n) is 4.69. The van der Waals surface area contributed by atoms with Crippen LogP contribution in [-0.4, -0.2) is 19.3 Å². The highest BCUT2D eigenvalue weighted by Crippen LogP contribution is 2.39. The molecule has 1 atom stereocenters. The summed E-state index contributed by atoms with van der Waals surface area (Å²) in [6.45, 7) is 6.66. The summed E-state index contributed by atoms with van der Waals surface area (Å²) >= 11 is 9.25. The fraction of sp³-hybridized carbons (Fsp3) is 0.600. The van der Waals surface area contributed by atoms with Gasteiger partial charge in [0.05, 0.1) is 16.7 Å². The highest BCUT2D eigenvalue weighted by atomic mass is 79.9. The summed E-state index contributed by atoms with van der Waals surface area (Å²) in [4.78, 5) is 0. The van der Waals surface area contributed by atoms with Crippen LogP contribution in [0.15, 0.2) is 16.6 Å². The molecule has 0 amide bonds. The van der Waals surface area contributed by atoms with Gasteiger partial charge < -0.3 is 10.1 Å². The highest BCUT2D eigenvalue weighted by molar-refractivity contribution is 9.10. The molecule has 114 valence electrons. The SMILES string of the molecule is CCOC(CC)(CC)C(NC)c1ccc(Br)c(Cl)c1F. The number of ether oxygens (including phenoxy) is 1. The highest BCUT2D eigenvalue weighted by Gasteiger charge is 2.38. The van der Waals surface area contributed by atoms with Crippen LogP contribution >= 0.6 is 27.5 Å². The van der Waals surface area contributed by atoms with Gasteiger partial charge in [-0.05, 0) is 48.8 Å². The smallest absolute Gasteiger partial charge is 0.147 e. The van der Waals surface area contributed by atoms with Gasteiger partial charge in [-0.2, -0.15) is 0 Å². The van der Waals surface area contributed by atoms with E-state index in [0.717, 1.165) is 12.8 Å². The third kappa shape index (κ3) is 3.35. The Morgan fingerprint density at radius 3 is 2.40 bits per heavy atom. The third-order valence-electron chi connectivity index (χ3n) is 3.82. The van der Waals surface area contributed by atoms with Gasteiger partial charge in [-0.3, -0.25) is 0 Å². The second kappa shape index (κ2) is 7.74. The molecule has 0 aromatic heterocycles. The molecule has 0 aliphatic heterocycles. The van der Waals surface area contributed by atoms with Crippen molar-refractivity contribution in [2.24, 2.45) is 0 Å². The van der Waals surface area contributed by atoms with Crippen LogP contribution < -0.4 is 5.32 Å². The van der Waals surface area contributed by atoms with Crippen molar-refractivity contribution in [1.82, 2.24) is 5.32 Å². The first-order valence-corrected chi connectivity index (χ1v) is 8.09. The van der Waals surface area contributed by atoms with Crippen molar-refractivity contribution in [3.8, 4) is 0 Å². The molecule has 5 heteroatoms. The fourth-order valence-electron chi connectivity index (χ4n) is 2.70. The van der Waals surface area contributed by atoms with Crippen LogP contribution in [0.2, 0.25) is 5.02 Å². The molecule has 0 aliphatic carbocycles. The van der Waals surface area contributed by atoms with E-state index in [0.29, 0.717) is 16.6 Å². The van der Waals surface area contributed by atoms with Crippen molar-refractivity contribution < 1.29 is 9.13 Å². The molecule has 0 fully saturated rings. The van der Waals surface area contributed by atoms with Gasteiger partial charge in [-0.1, -0.05) is 31.5 Å². The van der Waals surface area contributed by atoms with E-state index in [2.05, 4.69) is 35.1 Å². The van der Waals surface area contributed by atoms with E-state index in [1.54, 1.807) is 12.1 Å². The lowest BCUT2D eigenvalue weighted by Gasteiger charge is -2.39. The Kier molecular flexibility index (Phi) is 6.92. The number of likely N-dealkylation sites (N-methyl/N-ethyl adjacent to an activating group) is 1. The van der Waals surface area contributed by atoms with Crippen LogP contribution in [0.1, 0.15) is 45.2 Å². The molecular weight excluding hydrogens is 345 g/mol. The van der Waals surface area contributed by atoms with Crippen LogP contribution in [0, 0.1) is 5.82 Å². The number of hydrogen-bond acceptors (Lipinski definition) is 2. The Hall–Kier alpha value is -0.160. The average Bonchev–Trinajstić information content (AvgIpc) is 2.46. The van der Waals surface area contributed by atoms with Crippen LogP contribution in [0.5, 0.6) is 0 Å². The standard InChI is InChI=1S/C15H22BrClFNO/c1-5-15(6-2,20-7-3)14(19-4)10-8-9-11(16)12(17)13(10)18/h8-9,14,19H,5-7H2,1-4H3. The lowest BCUT2D eigenvalue weighted by molar-refractivity contribution is -0.0724. The van der Waals surface area contributed by atoms with E-state index >= 15 is 0 Å². The van der Waals surface area contributed by atoms with E-state index in [1.165, 1.54) is 0 Å². The number of rotatable bonds is 7. The van der Waals surface area contributed by atoms with E-state index in [9.17, 15) is 4.39 Å². The zero-order chi connectivity index (χ0) is 15.3. The van der Waals surface area contributed by atoms with Crippen molar-refractivity contribution in [3.05, 3.63) is 33.0 Å². The lowest BCUT2D eigenvalue weighted by Crippen LogP contribution is -2.44. The number of hydrogen-bond donors (Lipinski definition) is 1. The Morgan fingerprint density at radius 1 is 1.35 bits per heavy atom. The first-order valence-electron chi connectivity index (χ1n) is 6.91. The summed E-state index contributed by atoms with van der Waals surface area (Å²) < 4.78 is 21.0. The van der Waals surface area contributed by atoms with Crippen molar-refractivity contribution in [3.63, 3.8) is 0 Å². The second-order valence-corrected chi connectivity index (χ2v) is 5.92. The molecule has 0 saturated carbocycles. The molecular formula is C15H22BrClFNO. The predicted molar refractivity (Wildman–Crippen MR) is 85.8 cm³/mol. The quantitative estimate of drug-likeness (QED) is 0.678. The Balaban J connectivity index is 3.34. The van der Waals surface area contributed by atoms with Crippen LogP contribution in [0.3, 0.4) is 0 Å². The Morgan fingerprint density at radius 2 is 1.95 bits per heavy atom. The maximum Gasteiger partial charge on any atom is 0.147 e. The van der Waals surface area contributed by atoms with Crippen molar-refractivity contribution in [1.29, 1.82) is 0 Å². The fourth-order valence-corrected chi connectivity index (χ4v) is 3.18. The van der Waals surface area contributed by atoms with Gasteiger partial charge >= 0.3 is 0 Å². The molecule has 0 spiro atoms. The maximum atomic E-state index is 14.5. The molecule has 0 heterocycles. The summed E-state index contributed by atoms with van der Waals surface area (Å²) in [5, 5.41) is 3.31. The predicted octanol–water partition coefficient (Wildman–Crippen LogP) is 5.10. The molecule has 1 unspecified atom stereocenters. The molecule has 0 aliphatic rings. The van der Waals surface area contributed by atoms with Crippen molar-refractivity contribution in [2.45, 2.75) is 45.3 Å². The molecule has 1 rings (SSSR count). The van der Waals surface area contributed by atoms with Crippen LogP contribution in [-0.2, 0) is 4.74 Å². The topological polar surface area (TPSA) is 21.3 Å². The molecule has 1 aromatic rings. The zero-order valence-corrected chi connectivity index (χ0v) is 14.7.